The summed E-state index contributed by atoms with van der Waals surface area (Å²) in [6, 6.07) is 5.04. The third-order valence-corrected chi connectivity index (χ3v) is 2.31. The number of fused-ring (bicyclic) bond motifs is 1. The average Bonchev–Trinajstić information content (AvgIpc) is 2.49. The lowest BCUT2D eigenvalue weighted by molar-refractivity contribution is -0.116. The number of hydrogen-bond acceptors (Lipinski definition) is 4. The van der Waals surface area contributed by atoms with E-state index in [0.717, 1.165) is 0 Å². The van der Waals surface area contributed by atoms with Crippen LogP contribution in [0.3, 0.4) is 0 Å². The summed E-state index contributed by atoms with van der Waals surface area (Å²) in [4.78, 5) is 22.5. The van der Waals surface area contributed by atoms with Crippen molar-refractivity contribution in [3.63, 3.8) is 0 Å². The zero-order valence-electron chi connectivity index (χ0n) is 9.16. The van der Waals surface area contributed by atoms with Crippen LogP contribution >= 0.6 is 0 Å². The highest BCUT2D eigenvalue weighted by molar-refractivity contribution is 5.96. The van der Waals surface area contributed by atoms with Gasteiger partial charge < -0.3 is 21.1 Å². The third-order valence-electron chi connectivity index (χ3n) is 2.31. The molecule has 2 amide bonds. The summed E-state index contributed by atoms with van der Waals surface area (Å²) in [6.07, 6.45) is 0.319. The van der Waals surface area contributed by atoms with E-state index >= 15 is 0 Å². The molecule has 6 nitrogen and oxygen atoms in total. The number of carbonyl (C=O) groups excluding carboxylic acids is 2. The van der Waals surface area contributed by atoms with E-state index in [4.69, 9.17) is 10.5 Å². The van der Waals surface area contributed by atoms with E-state index in [1.54, 1.807) is 18.2 Å². The lowest BCUT2D eigenvalue weighted by Crippen LogP contribution is -2.21. The van der Waals surface area contributed by atoms with Gasteiger partial charge in [0.05, 0.1) is 25.3 Å². The molecule has 0 saturated heterocycles. The fourth-order valence-electron chi connectivity index (χ4n) is 1.51. The van der Waals surface area contributed by atoms with Crippen molar-refractivity contribution in [2.75, 3.05) is 23.8 Å². The predicted octanol–water partition coefficient (Wildman–Crippen LogP) is 0.305. The Hall–Kier alpha value is -2.08. The number of anilines is 2. The quantitative estimate of drug-likeness (QED) is 0.687. The van der Waals surface area contributed by atoms with E-state index in [2.05, 4.69) is 10.6 Å². The summed E-state index contributed by atoms with van der Waals surface area (Å²) < 4.78 is 5.38. The van der Waals surface area contributed by atoms with E-state index in [0.29, 0.717) is 30.2 Å². The summed E-state index contributed by atoms with van der Waals surface area (Å²) in [5, 5.41) is 5.31. The van der Waals surface area contributed by atoms with Gasteiger partial charge in [0.2, 0.25) is 11.8 Å². The van der Waals surface area contributed by atoms with Gasteiger partial charge in [0.15, 0.2) is 0 Å². The van der Waals surface area contributed by atoms with Crippen LogP contribution in [0.5, 0.6) is 5.75 Å². The van der Waals surface area contributed by atoms with Crippen LogP contribution < -0.4 is 21.1 Å². The molecule has 1 heterocycles. The molecule has 0 saturated carbocycles. The molecule has 17 heavy (non-hydrogen) atoms. The van der Waals surface area contributed by atoms with Gasteiger partial charge in [-0.15, -0.1) is 0 Å². The average molecular weight is 235 g/mol. The van der Waals surface area contributed by atoms with Crippen molar-refractivity contribution < 1.29 is 14.3 Å². The van der Waals surface area contributed by atoms with Crippen molar-refractivity contribution in [3.05, 3.63) is 18.2 Å². The molecule has 2 rings (SSSR count). The summed E-state index contributed by atoms with van der Waals surface area (Å²) in [7, 11) is 0. The number of hydrogen-bond donors (Lipinski definition) is 3. The molecule has 1 aromatic rings. The number of nitrogens with two attached hydrogens (primary N) is 1. The second-order valence-corrected chi connectivity index (χ2v) is 3.61. The van der Waals surface area contributed by atoms with Gasteiger partial charge in [0.1, 0.15) is 5.75 Å². The Labute approximate surface area is 98.1 Å². The van der Waals surface area contributed by atoms with Crippen LogP contribution in [0, 0.1) is 0 Å². The Kier molecular flexibility index (Phi) is 3.24. The molecule has 1 aromatic carbocycles. The Morgan fingerprint density at radius 1 is 1.53 bits per heavy atom. The Morgan fingerprint density at radius 2 is 2.35 bits per heavy atom. The summed E-state index contributed by atoms with van der Waals surface area (Å²) in [5.74, 6) is 0.207. The fraction of sp³-hybridized carbons (Fsp3) is 0.273. The first-order chi connectivity index (χ1) is 8.19. The predicted molar refractivity (Wildman–Crippen MR) is 62.9 cm³/mol. The molecule has 0 atom stereocenters. The molecule has 0 fully saturated rings. The number of nitrogens with one attached hydrogen (secondary N) is 2. The molecule has 1 aliphatic rings. The van der Waals surface area contributed by atoms with Crippen LogP contribution in [-0.2, 0) is 9.59 Å². The molecule has 0 spiro atoms. The highest BCUT2D eigenvalue weighted by atomic mass is 16.5. The third kappa shape index (κ3) is 2.73. The maximum Gasteiger partial charge on any atom is 0.238 e. The maximum atomic E-state index is 11.3. The minimum absolute atomic E-state index is 0.0834. The fourth-order valence-corrected chi connectivity index (χ4v) is 1.51. The Balaban J connectivity index is 2.23. The standard InChI is InChI=1S/C11H13N3O3/c12-6-11(16)13-7-1-2-9-8(5-7)14-10(15)3-4-17-9/h1-2,5H,3-4,6,12H2,(H,13,16)(H,14,15). The van der Waals surface area contributed by atoms with Crippen LogP contribution in [0.15, 0.2) is 18.2 Å². The summed E-state index contributed by atoms with van der Waals surface area (Å²) in [5.41, 5.74) is 6.33. The molecular weight excluding hydrogens is 222 g/mol. The number of ether oxygens (including phenoxy) is 1. The minimum Gasteiger partial charge on any atom is -0.491 e. The minimum atomic E-state index is -0.286. The molecule has 0 aromatic heterocycles. The SMILES string of the molecule is NCC(=O)Nc1ccc2c(c1)NC(=O)CCO2. The van der Waals surface area contributed by atoms with Crippen LogP contribution in [0.25, 0.3) is 0 Å². The Bertz CT molecular complexity index is 459. The van der Waals surface area contributed by atoms with Crippen molar-refractivity contribution in [1.82, 2.24) is 0 Å². The first-order valence-corrected chi connectivity index (χ1v) is 5.25. The Morgan fingerprint density at radius 3 is 3.12 bits per heavy atom. The topological polar surface area (TPSA) is 93.5 Å². The molecule has 0 aliphatic carbocycles. The number of benzene rings is 1. The van der Waals surface area contributed by atoms with E-state index in [1.165, 1.54) is 0 Å². The van der Waals surface area contributed by atoms with Crippen molar-refractivity contribution in [2.45, 2.75) is 6.42 Å². The van der Waals surface area contributed by atoms with Gasteiger partial charge in [0, 0.05) is 5.69 Å². The van der Waals surface area contributed by atoms with Gasteiger partial charge >= 0.3 is 0 Å². The van der Waals surface area contributed by atoms with Crippen molar-refractivity contribution in [2.24, 2.45) is 5.73 Å². The van der Waals surface area contributed by atoms with Gasteiger partial charge in [0.25, 0.3) is 0 Å². The molecule has 4 N–H and O–H groups in total. The lowest BCUT2D eigenvalue weighted by atomic mass is 10.2. The first kappa shape index (κ1) is 11.4. The van der Waals surface area contributed by atoms with Crippen LogP contribution in [0.4, 0.5) is 11.4 Å². The molecule has 6 heteroatoms. The number of rotatable bonds is 2. The van der Waals surface area contributed by atoms with Crippen LogP contribution in [-0.4, -0.2) is 25.0 Å². The van der Waals surface area contributed by atoms with Gasteiger partial charge in [-0.05, 0) is 18.2 Å². The maximum absolute atomic E-state index is 11.3. The van der Waals surface area contributed by atoms with Gasteiger partial charge in [-0.2, -0.15) is 0 Å². The monoisotopic (exact) mass is 235 g/mol. The van der Waals surface area contributed by atoms with E-state index in [9.17, 15) is 9.59 Å². The molecule has 1 aliphatic heterocycles. The zero-order valence-corrected chi connectivity index (χ0v) is 9.16. The highest BCUT2D eigenvalue weighted by Gasteiger charge is 2.14. The first-order valence-electron chi connectivity index (χ1n) is 5.25. The van der Waals surface area contributed by atoms with E-state index in [-0.39, 0.29) is 18.4 Å². The van der Waals surface area contributed by atoms with Crippen molar-refractivity contribution in [3.8, 4) is 5.75 Å². The van der Waals surface area contributed by atoms with Crippen molar-refractivity contribution >= 4 is 23.2 Å². The lowest BCUT2D eigenvalue weighted by Gasteiger charge is -2.09. The zero-order chi connectivity index (χ0) is 12.3. The summed E-state index contributed by atoms with van der Waals surface area (Å²) >= 11 is 0. The molecule has 0 bridgehead atoms. The smallest absolute Gasteiger partial charge is 0.238 e. The molecular formula is C11H13N3O3. The van der Waals surface area contributed by atoms with Crippen LogP contribution in [0.2, 0.25) is 0 Å². The second kappa shape index (κ2) is 4.84. The molecule has 0 unspecified atom stereocenters. The van der Waals surface area contributed by atoms with Gasteiger partial charge in [-0.1, -0.05) is 0 Å². The largest absolute Gasteiger partial charge is 0.491 e. The number of amides is 2. The van der Waals surface area contributed by atoms with E-state index < -0.39 is 0 Å². The normalized spacial score (nSPS) is 14.1. The second-order valence-electron chi connectivity index (χ2n) is 3.61. The van der Waals surface area contributed by atoms with Gasteiger partial charge in [-0.3, -0.25) is 9.59 Å². The number of carbonyl (C=O) groups is 2. The molecule has 90 valence electrons. The molecule has 0 radical (unpaired) electrons. The van der Waals surface area contributed by atoms with E-state index in [1.807, 2.05) is 0 Å². The highest BCUT2D eigenvalue weighted by Crippen LogP contribution is 2.29. The van der Waals surface area contributed by atoms with Crippen LogP contribution in [0.1, 0.15) is 6.42 Å². The van der Waals surface area contributed by atoms with Gasteiger partial charge in [-0.25, -0.2) is 0 Å². The van der Waals surface area contributed by atoms with Crippen molar-refractivity contribution in [1.29, 1.82) is 0 Å². The summed E-state index contributed by atoms with van der Waals surface area (Å²) in [6.45, 7) is 0.271.